The van der Waals surface area contributed by atoms with Gasteiger partial charge in [0.25, 0.3) is 5.91 Å². The van der Waals surface area contributed by atoms with Gasteiger partial charge in [-0.1, -0.05) is 11.6 Å². The van der Waals surface area contributed by atoms with E-state index < -0.39 is 0 Å². The first-order valence-electron chi connectivity index (χ1n) is 7.71. The molecular weight excluding hydrogens is 304 g/mol. The normalized spacial score (nSPS) is 24.8. The van der Waals surface area contributed by atoms with E-state index >= 15 is 0 Å². The van der Waals surface area contributed by atoms with Crippen LogP contribution in [0, 0.1) is 0 Å². The van der Waals surface area contributed by atoms with Crippen LogP contribution in [0.25, 0.3) is 0 Å². The van der Waals surface area contributed by atoms with Crippen LogP contribution in [0.2, 0.25) is 5.02 Å². The van der Waals surface area contributed by atoms with E-state index in [0.717, 1.165) is 19.7 Å². The Morgan fingerprint density at radius 3 is 3.05 bits per heavy atom. The van der Waals surface area contributed by atoms with Crippen LogP contribution >= 0.6 is 11.6 Å². The Morgan fingerprint density at radius 2 is 2.23 bits per heavy atom. The molecule has 1 aromatic carbocycles. The summed E-state index contributed by atoms with van der Waals surface area (Å²) in [7, 11) is 0. The van der Waals surface area contributed by atoms with Gasteiger partial charge in [-0.3, -0.25) is 9.69 Å². The van der Waals surface area contributed by atoms with Crippen molar-refractivity contribution in [2.45, 2.75) is 25.0 Å². The highest BCUT2D eigenvalue weighted by atomic mass is 35.5. The minimum absolute atomic E-state index is 0.000686. The zero-order chi connectivity index (χ0) is 15.4. The lowest BCUT2D eigenvalue weighted by molar-refractivity contribution is -0.124. The lowest BCUT2D eigenvalue weighted by atomic mass is 10.2. The number of morpholine rings is 1. The number of nitrogens with zero attached hydrogens (tertiary/aromatic N) is 1. The summed E-state index contributed by atoms with van der Waals surface area (Å²) in [6.45, 7) is 3.37. The molecule has 2 aliphatic rings. The van der Waals surface area contributed by atoms with Gasteiger partial charge in [-0.2, -0.15) is 0 Å². The third-order valence-corrected chi connectivity index (χ3v) is 4.42. The van der Waals surface area contributed by atoms with Gasteiger partial charge in [-0.25, -0.2) is 0 Å². The molecule has 0 saturated carbocycles. The molecule has 2 heterocycles. The summed E-state index contributed by atoms with van der Waals surface area (Å²) in [4.78, 5) is 14.3. The number of halogens is 1. The Labute approximate surface area is 135 Å². The molecule has 0 aromatic heterocycles. The smallest absolute Gasteiger partial charge is 0.258 e. The number of hydrogen-bond donors (Lipinski definition) is 1. The summed E-state index contributed by atoms with van der Waals surface area (Å²) in [5.41, 5.74) is 0. The second kappa shape index (κ2) is 7.31. The molecule has 0 bridgehead atoms. The molecule has 2 fully saturated rings. The van der Waals surface area contributed by atoms with Crippen LogP contribution in [-0.4, -0.2) is 55.8 Å². The van der Waals surface area contributed by atoms with Crippen molar-refractivity contribution in [3.05, 3.63) is 29.3 Å². The third kappa shape index (κ3) is 4.12. The molecule has 2 aliphatic heterocycles. The fraction of sp³-hybridized carbons (Fsp3) is 0.562. The second-order valence-electron chi connectivity index (χ2n) is 5.79. The number of carbonyl (C=O) groups is 1. The van der Waals surface area contributed by atoms with Crippen molar-refractivity contribution < 1.29 is 14.3 Å². The maximum absolute atomic E-state index is 11.8. The number of carbonyl (C=O) groups excluding carboxylic acids is 1. The van der Waals surface area contributed by atoms with Crippen molar-refractivity contribution in [3.63, 3.8) is 0 Å². The van der Waals surface area contributed by atoms with Gasteiger partial charge in [0.15, 0.2) is 6.61 Å². The highest BCUT2D eigenvalue weighted by molar-refractivity contribution is 6.30. The van der Waals surface area contributed by atoms with Crippen molar-refractivity contribution in [3.8, 4) is 5.75 Å². The molecule has 0 unspecified atom stereocenters. The molecule has 2 saturated heterocycles. The molecule has 120 valence electrons. The van der Waals surface area contributed by atoms with E-state index in [1.54, 1.807) is 24.3 Å². The first kappa shape index (κ1) is 15.6. The molecular formula is C16H21ClN2O3. The van der Waals surface area contributed by atoms with E-state index in [1.807, 2.05) is 0 Å². The van der Waals surface area contributed by atoms with E-state index in [1.165, 1.54) is 12.8 Å². The van der Waals surface area contributed by atoms with Crippen LogP contribution in [0.1, 0.15) is 12.8 Å². The van der Waals surface area contributed by atoms with Gasteiger partial charge in [-0.05, 0) is 43.7 Å². The quantitative estimate of drug-likeness (QED) is 0.895. The van der Waals surface area contributed by atoms with Gasteiger partial charge < -0.3 is 14.8 Å². The van der Waals surface area contributed by atoms with Crippen molar-refractivity contribution in [2.24, 2.45) is 0 Å². The van der Waals surface area contributed by atoms with Crippen LogP contribution in [0.3, 0.4) is 0 Å². The molecule has 0 aliphatic carbocycles. The van der Waals surface area contributed by atoms with Crippen LogP contribution in [-0.2, 0) is 9.53 Å². The molecule has 2 atom stereocenters. The summed E-state index contributed by atoms with van der Waals surface area (Å²) in [6.07, 6.45) is 2.56. The van der Waals surface area contributed by atoms with Crippen LogP contribution in [0.15, 0.2) is 24.3 Å². The maximum Gasteiger partial charge on any atom is 0.258 e. The Hall–Kier alpha value is -1.30. The molecule has 1 amide bonds. The molecule has 1 aromatic rings. The molecule has 22 heavy (non-hydrogen) atoms. The van der Waals surface area contributed by atoms with Crippen LogP contribution in [0.4, 0.5) is 0 Å². The monoisotopic (exact) mass is 324 g/mol. The minimum Gasteiger partial charge on any atom is -0.484 e. The van der Waals surface area contributed by atoms with E-state index in [-0.39, 0.29) is 18.6 Å². The van der Waals surface area contributed by atoms with Gasteiger partial charge >= 0.3 is 0 Å². The van der Waals surface area contributed by atoms with Crippen molar-refractivity contribution in [1.82, 2.24) is 10.2 Å². The van der Waals surface area contributed by atoms with Gasteiger partial charge in [-0.15, -0.1) is 0 Å². The molecule has 1 N–H and O–H groups in total. The first-order chi connectivity index (χ1) is 10.7. The SMILES string of the molecule is O=C(COc1ccc(Cl)cc1)NC[C@@H]1CN2CCC[C@H]2CO1. The van der Waals surface area contributed by atoms with E-state index in [2.05, 4.69) is 10.2 Å². The van der Waals surface area contributed by atoms with Crippen molar-refractivity contribution in [1.29, 1.82) is 0 Å². The van der Waals surface area contributed by atoms with Crippen LogP contribution in [0.5, 0.6) is 5.75 Å². The Bertz CT molecular complexity index is 509. The number of nitrogens with one attached hydrogen (secondary N) is 1. The zero-order valence-electron chi connectivity index (χ0n) is 12.5. The van der Waals surface area contributed by atoms with Crippen molar-refractivity contribution in [2.75, 3.05) is 32.8 Å². The van der Waals surface area contributed by atoms with Gasteiger partial charge in [0, 0.05) is 24.2 Å². The Kier molecular flexibility index (Phi) is 5.18. The number of fused-ring (bicyclic) bond motifs is 1. The number of amides is 1. The number of hydrogen-bond acceptors (Lipinski definition) is 4. The van der Waals surface area contributed by atoms with Gasteiger partial charge in [0.2, 0.25) is 0 Å². The van der Waals surface area contributed by atoms with Gasteiger partial charge in [0.1, 0.15) is 5.75 Å². The largest absolute Gasteiger partial charge is 0.484 e. The Balaban J connectivity index is 1.36. The molecule has 0 radical (unpaired) electrons. The summed E-state index contributed by atoms with van der Waals surface area (Å²) in [5.74, 6) is 0.496. The minimum atomic E-state index is -0.137. The fourth-order valence-corrected chi connectivity index (χ4v) is 3.09. The topological polar surface area (TPSA) is 50.8 Å². The third-order valence-electron chi connectivity index (χ3n) is 4.17. The predicted molar refractivity (Wildman–Crippen MR) is 84.3 cm³/mol. The summed E-state index contributed by atoms with van der Waals surface area (Å²) >= 11 is 5.80. The van der Waals surface area contributed by atoms with Crippen LogP contribution < -0.4 is 10.1 Å². The summed E-state index contributed by atoms with van der Waals surface area (Å²) in [5, 5.41) is 3.52. The Morgan fingerprint density at radius 1 is 1.41 bits per heavy atom. The summed E-state index contributed by atoms with van der Waals surface area (Å²) < 4.78 is 11.2. The standard InChI is InChI=1S/C16H21ClN2O3/c17-12-3-5-14(6-4-12)22-11-16(20)18-8-15-9-19-7-1-2-13(19)10-21-15/h3-6,13,15H,1-2,7-11H2,(H,18,20)/t13-,15+/m0/s1. The average molecular weight is 325 g/mol. The highest BCUT2D eigenvalue weighted by Crippen LogP contribution is 2.22. The van der Waals surface area contributed by atoms with E-state index in [9.17, 15) is 4.79 Å². The zero-order valence-corrected chi connectivity index (χ0v) is 13.2. The average Bonchev–Trinajstić information content (AvgIpc) is 3.00. The molecule has 0 spiro atoms. The summed E-state index contributed by atoms with van der Waals surface area (Å²) in [6, 6.07) is 7.54. The van der Waals surface area contributed by atoms with Gasteiger partial charge in [0.05, 0.1) is 12.7 Å². The molecule has 5 nitrogen and oxygen atoms in total. The maximum atomic E-state index is 11.8. The first-order valence-corrected chi connectivity index (χ1v) is 8.09. The number of rotatable bonds is 5. The lowest BCUT2D eigenvalue weighted by Crippen LogP contribution is -2.50. The number of benzene rings is 1. The van der Waals surface area contributed by atoms with E-state index in [0.29, 0.717) is 23.4 Å². The number of ether oxygens (including phenoxy) is 2. The lowest BCUT2D eigenvalue weighted by Gasteiger charge is -2.35. The predicted octanol–water partition coefficient (Wildman–Crippen LogP) is 1.70. The molecule has 3 rings (SSSR count). The second-order valence-corrected chi connectivity index (χ2v) is 6.23. The van der Waals surface area contributed by atoms with E-state index in [4.69, 9.17) is 21.1 Å². The highest BCUT2D eigenvalue weighted by Gasteiger charge is 2.32. The fourth-order valence-electron chi connectivity index (χ4n) is 2.97. The van der Waals surface area contributed by atoms with Crippen molar-refractivity contribution >= 4 is 17.5 Å². The molecule has 6 heteroatoms.